The van der Waals surface area contributed by atoms with Crippen molar-refractivity contribution < 1.29 is 24.2 Å². The third kappa shape index (κ3) is 3.29. The highest BCUT2D eigenvalue weighted by molar-refractivity contribution is 6.30. The monoisotopic (exact) mass is 300 g/mol. The van der Waals surface area contributed by atoms with Gasteiger partial charge in [0.25, 0.3) is 0 Å². The maximum atomic E-state index is 12.2. The first-order chi connectivity index (χ1) is 9.48. The number of carboxylic acid groups (broad SMARTS) is 1. The summed E-state index contributed by atoms with van der Waals surface area (Å²) in [6.45, 7) is 1.85. The molecule has 1 aromatic carbocycles. The van der Waals surface area contributed by atoms with Crippen LogP contribution in [0.25, 0.3) is 0 Å². The second-order valence-electron chi connectivity index (χ2n) is 4.18. The molecule has 1 N–H and O–H groups in total. The molecule has 0 saturated heterocycles. The fourth-order valence-electron chi connectivity index (χ4n) is 1.93. The van der Waals surface area contributed by atoms with Gasteiger partial charge >= 0.3 is 11.9 Å². The van der Waals surface area contributed by atoms with Gasteiger partial charge in [0.05, 0.1) is 6.61 Å². The summed E-state index contributed by atoms with van der Waals surface area (Å²) in [5, 5.41) is 10.0. The Bertz CT molecular complexity index is 471. The van der Waals surface area contributed by atoms with Crippen LogP contribution in [0.3, 0.4) is 0 Å². The lowest BCUT2D eigenvalue weighted by Gasteiger charge is -2.27. The molecular formula is C14H17ClO5. The fraction of sp³-hybridized carbons (Fsp3) is 0.429. The molecule has 0 radical (unpaired) electrons. The number of halogens is 1. The zero-order valence-electron chi connectivity index (χ0n) is 11.4. The summed E-state index contributed by atoms with van der Waals surface area (Å²) in [6, 6.07) is 6.12. The van der Waals surface area contributed by atoms with Gasteiger partial charge in [0.15, 0.2) is 5.41 Å². The average molecular weight is 301 g/mol. The number of rotatable bonds is 7. The summed E-state index contributed by atoms with van der Waals surface area (Å²) < 4.78 is 9.87. The van der Waals surface area contributed by atoms with E-state index in [0.717, 1.165) is 0 Å². The highest BCUT2D eigenvalue weighted by Crippen LogP contribution is 2.31. The zero-order valence-corrected chi connectivity index (χ0v) is 12.1. The molecule has 0 aliphatic rings. The predicted molar refractivity (Wildman–Crippen MR) is 73.9 cm³/mol. The maximum absolute atomic E-state index is 12.2. The van der Waals surface area contributed by atoms with Crippen LogP contribution < -0.4 is 0 Å². The van der Waals surface area contributed by atoms with Crippen LogP contribution in [-0.4, -0.2) is 37.4 Å². The van der Waals surface area contributed by atoms with E-state index < -0.39 is 17.4 Å². The molecule has 110 valence electrons. The maximum Gasteiger partial charge on any atom is 0.328 e. The van der Waals surface area contributed by atoms with Gasteiger partial charge in [0.2, 0.25) is 0 Å². The molecule has 1 rings (SSSR count). The van der Waals surface area contributed by atoms with Crippen molar-refractivity contribution in [1.29, 1.82) is 0 Å². The van der Waals surface area contributed by atoms with E-state index in [1.165, 1.54) is 19.2 Å². The lowest BCUT2D eigenvalue weighted by atomic mass is 9.77. The van der Waals surface area contributed by atoms with Gasteiger partial charge in [-0.05, 0) is 24.6 Å². The van der Waals surface area contributed by atoms with E-state index in [4.69, 9.17) is 21.1 Å². The molecule has 0 saturated carbocycles. The molecule has 0 fully saturated rings. The van der Waals surface area contributed by atoms with Crippen molar-refractivity contribution in [3.8, 4) is 0 Å². The minimum atomic E-state index is -1.78. The van der Waals surface area contributed by atoms with E-state index in [2.05, 4.69) is 0 Å². The fourth-order valence-corrected chi connectivity index (χ4v) is 2.05. The quantitative estimate of drug-likeness (QED) is 0.617. The van der Waals surface area contributed by atoms with Crippen LogP contribution in [0.2, 0.25) is 5.02 Å². The highest BCUT2D eigenvalue weighted by atomic mass is 35.5. The van der Waals surface area contributed by atoms with Gasteiger partial charge in [-0.1, -0.05) is 23.7 Å². The molecule has 0 heterocycles. The average Bonchev–Trinajstić information content (AvgIpc) is 2.41. The summed E-state index contributed by atoms with van der Waals surface area (Å²) in [4.78, 5) is 23.9. The molecule has 0 aromatic heterocycles. The van der Waals surface area contributed by atoms with Crippen molar-refractivity contribution in [2.45, 2.75) is 18.8 Å². The number of carbonyl (C=O) groups is 2. The Kier molecular flexibility index (Phi) is 5.98. The molecule has 0 aliphatic heterocycles. The van der Waals surface area contributed by atoms with E-state index in [1.807, 2.05) is 0 Å². The minimum absolute atomic E-state index is 0.0146. The minimum Gasteiger partial charge on any atom is -0.480 e. The summed E-state index contributed by atoms with van der Waals surface area (Å²) in [6.07, 6.45) is -0.0146. The van der Waals surface area contributed by atoms with Crippen LogP contribution in [0.1, 0.15) is 18.9 Å². The summed E-state index contributed by atoms with van der Waals surface area (Å²) in [5.74, 6) is -2.07. The predicted octanol–water partition coefficient (Wildman–Crippen LogP) is 2.26. The summed E-state index contributed by atoms with van der Waals surface area (Å²) >= 11 is 5.80. The van der Waals surface area contributed by atoms with Crippen LogP contribution in [0.5, 0.6) is 0 Å². The second-order valence-corrected chi connectivity index (χ2v) is 4.62. The molecule has 1 unspecified atom stereocenters. The van der Waals surface area contributed by atoms with Gasteiger partial charge in [0.1, 0.15) is 0 Å². The first-order valence-corrected chi connectivity index (χ1v) is 6.52. The highest BCUT2D eigenvalue weighted by Gasteiger charge is 2.49. The number of benzene rings is 1. The Morgan fingerprint density at radius 1 is 1.30 bits per heavy atom. The molecule has 1 aromatic rings. The van der Waals surface area contributed by atoms with E-state index >= 15 is 0 Å². The molecule has 0 aliphatic carbocycles. The van der Waals surface area contributed by atoms with Crippen LogP contribution >= 0.6 is 11.6 Å². The zero-order chi connectivity index (χ0) is 15.2. The number of hydrogen-bond donors (Lipinski definition) is 1. The van der Waals surface area contributed by atoms with Crippen LogP contribution in [0, 0.1) is 0 Å². The number of methoxy groups -OCH3 is 1. The molecule has 6 heteroatoms. The Hall–Kier alpha value is -1.59. The van der Waals surface area contributed by atoms with E-state index in [9.17, 15) is 14.7 Å². The molecular weight excluding hydrogens is 284 g/mol. The van der Waals surface area contributed by atoms with Crippen molar-refractivity contribution in [2.75, 3.05) is 20.3 Å². The smallest absolute Gasteiger partial charge is 0.328 e. The molecule has 1 atom stereocenters. The number of hydrogen-bond acceptors (Lipinski definition) is 4. The summed E-state index contributed by atoms with van der Waals surface area (Å²) in [5.41, 5.74) is -1.46. The van der Waals surface area contributed by atoms with Gasteiger partial charge in [-0.3, -0.25) is 9.59 Å². The Balaban J connectivity index is 3.31. The van der Waals surface area contributed by atoms with Crippen LogP contribution in [-0.2, 0) is 24.5 Å². The number of esters is 1. The number of carboxylic acids is 1. The largest absolute Gasteiger partial charge is 0.480 e. The number of carbonyl (C=O) groups excluding carboxylic acids is 1. The lowest BCUT2D eigenvalue weighted by Crippen LogP contribution is -2.46. The first kappa shape index (κ1) is 16.5. The van der Waals surface area contributed by atoms with E-state index in [0.29, 0.717) is 10.6 Å². The molecule has 0 spiro atoms. The first-order valence-electron chi connectivity index (χ1n) is 6.14. The number of aliphatic carboxylic acids is 1. The Morgan fingerprint density at radius 3 is 2.35 bits per heavy atom. The standard InChI is InChI=1S/C14H17ClO5/c1-3-20-13(18)14(12(16)17,8-9-19-2)10-4-6-11(15)7-5-10/h4-7H,3,8-9H2,1-2H3,(H,16,17). The van der Waals surface area contributed by atoms with Gasteiger partial charge < -0.3 is 14.6 Å². The van der Waals surface area contributed by atoms with E-state index in [-0.39, 0.29) is 19.6 Å². The second kappa shape index (κ2) is 7.26. The van der Waals surface area contributed by atoms with Crippen molar-refractivity contribution in [3.63, 3.8) is 0 Å². The lowest BCUT2D eigenvalue weighted by molar-refractivity contribution is -0.162. The van der Waals surface area contributed by atoms with Crippen molar-refractivity contribution in [3.05, 3.63) is 34.9 Å². The molecule has 0 bridgehead atoms. The van der Waals surface area contributed by atoms with Gasteiger partial charge in [-0.25, -0.2) is 0 Å². The molecule has 20 heavy (non-hydrogen) atoms. The van der Waals surface area contributed by atoms with Crippen molar-refractivity contribution in [1.82, 2.24) is 0 Å². The molecule has 0 amide bonds. The van der Waals surface area contributed by atoms with Crippen LogP contribution in [0.4, 0.5) is 0 Å². The molecule has 5 nitrogen and oxygen atoms in total. The summed E-state index contributed by atoms with van der Waals surface area (Å²) in [7, 11) is 1.44. The normalized spacial score (nSPS) is 13.6. The van der Waals surface area contributed by atoms with Crippen molar-refractivity contribution in [2.24, 2.45) is 0 Å². The van der Waals surface area contributed by atoms with Gasteiger partial charge in [0, 0.05) is 25.2 Å². The third-order valence-electron chi connectivity index (χ3n) is 3.01. The SMILES string of the molecule is CCOC(=O)C(CCOC)(C(=O)O)c1ccc(Cl)cc1. The Labute approximate surface area is 122 Å². The van der Waals surface area contributed by atoms with E-state index in [1.54, 1.807) is 19.1 Å². The van der Waals surface area contributed by atoms with Gasteiger partial charge in [-0.2, -0.15) is 0 Å². The van der Waals surface area contributed by atoms with Crippen molar-refractivity contribution >= 4 is 23.5 Å². The third-order valence-corrected chi connectivity index (χ3v) is 3.26. The van der Waals surface area contributed by atoms with Gasteiger partial charge in [-0.15, -0.1) is 0 Å². The number of ether oxygens (including phenoxy) is 2. The topological polar surface area (TPSA) is 72.8 Å². The van der Waals surface area contributed by atoms with Crippen LogP contribution in [0.15, 0.2) is 24.3 Å². The Morgan fingerprint density at radius 2 is 1.90 bits per heavy atom.